The zero-order valence-corrected chi connectivity index (χ0v) is 19.4. The van der Waals surface area contributed by atoms with Crippen LogP contribution in [0.4, 0.5) is 5.69 Å². The molecule has 0 spiro atoms. The number of Topliss-reactive ketones (excluding diaryl/α,β-unsaturated/α-hetero) is 1. The Morgan fingerprint density at radius 3 is 2.54 bits per heavy atom. The van der Waals surface area contributed by atoms with Crippen LogP contribution in [0.3, 0.4) is 0 Å². The molecular formula is C26H19ClN2O6. The van der Waals surface area contributed by atoms with Crippen LogP contribution in [0.1, 0.15) is 22.2 Å². The number of anilines is 1. The highest BCUT2D eigenvalue weighted by Gasteiger charge is 2.45. The number of amides is 1. The standard InChI is InChI=1S/C26H19ClN2O6/c1-33-18-7-5-17(6-8-18)29-22(14-4-3-9-28-13-14)21(24(31)26(29)32)23(30)19-11-15-10-16(27)12-20(34-2)25(15)35-19/h3-13,22,31H,1-2H3. The van der Waals surface area contributed by atoms with E-state index in [-0.39, 0.29) is 11.3 Å². The first-order valence-electron chi connectivity index (χ1n) is 10.6. The normalized spacial score (nSPS) is 15.7. The highest BCUT2D eigenvalue weighted by atomic mass is 35.5. The van der Waals surface area contributed by atoms with Gasteiger partial charge in [-0.05, 0) is 48.0 Å². The van der Waals surface area contributed by atoms with Crippen LogP contribution in [0.2, 0.25) is 5.02 Å². The summed E-state index contributed by atoms with van der Waals surface area (Å²) in [5, 5.41) is 11.9. The number of halogens is 1. The van der Waals surface area contributed by atoms with Gasteiger partial charge in [-0.15, -0.1) is 0 Å². The van der Waals surface area contributed by atoms with Gasteiger partial charge < -0.3 is 19.0 Å². The molecule has 176 valence electrons. The van der Waals surface area contributed by atoms with E-state index in [4.69, 9.17) is 25.5 Å². The molecule has 1 N–H and O–H groups in total. The first-order chi connectivity index (χ1) is 16.9. The largest absolute Gasteiger partial charge is 0.503 e. The van der Waals surface area contributed by atoms with Gasteiger partial charge in [0, 0.05) is 34.6 Å². The fourth-order valence-corrected chi connectivity index (χ4v) is 4.40. The van der Waals surface area contributed by atoms with Gasteiger partial charge in [0.2, 0.25) is 5.78 Å². The van der Waals surface area contributed by atoms with Crippen molar-refractivity contribution in [2.75, 3.05) is 19.1 Å². The Morgan fingerprint density at radius 2 is 1.89 bits per heavy atom. The van der Waals surface area contributed by atoms with Gasteiger partial charge in [-0.1, -0.05) is 17.7 Å². The minimum Gasteiger partial charge on any atom is -0.503 e. The molecule has 8 nitrogen and oxygen atoms in total. The molecule has 0 radical (unpaired) electrons. The number of aliphatic hydroxyl groups is 1. The first-order valence-corrected chi connectivity index (χ1v) is 10.9. The zero-order valence-electron chi connectivity index (χ0n) is 18.7. The number of aliphatic hydroxyl groups excluding tert-OH is 1. The Labute approximate surface area is 205 Å². The number of nitrogens with zero attached hydrogens (tertiary/aromatic N) is 2. The second-order valence-corrected chi connectivity index (χ2v) is 8.23. The van der Waals surface area contributed by atoms with E-state index in [0.29, 0.717) is 38.7 Å². The van der Waals surface area contributed by atoms with E-state index in [1.54, 1.807) is 60.9 Å². The van der Waals surface area contributed by atoms with Crippen LogP contribution in [0.5, 0.6) is 11.5 Å². The van der Waals surface area contributed by atoms with Crippen LogP contribution >= 0.6 is 11.6 Å². The number of benzene rings is 2. The molecule has 3 heterocycles. The molecule has 1 amide bonds. The number of hydrogen-bond donors (Lipinski definition) is 1. The van der Waals surface area contributed by atoms with Gasteiger partial charge in [0.25, 0.3) is 5.91 Å². The van der Waals surface area contributed by atoms with Gasteiger partial charge in [-0.25, -0.2) is 0 Å². The number of carbonyl (C=O) groups excluding carboxylic acids is 2. The number of rotatable bonds is 6. The van der Waals surface area contributed by atoms with Crippen LogP contribution < -0.4 is 14.4 Å². The smallest absolute Gasteiger partial charge is 0.294 e. The van der Waals surface area contributed by atoms with Crippen molar-refractivity contribution in [2.45, 2.75) is 6.04 Å². The lowest BCUT2D eigenvalue weighted by Crippen LogP contribution is -2.31. The molecule has 0 aliphatic carbocycles. The summed E-state index contributed by atoms with van der Waals surface area (Å²) in [6, 6.07) is 13.9. The van der Waals surface area contributed by atoms with Crippen LogP contribution in [-0.4, -0.2) is 36.0 Å². The highest BCUT2D eigenvalue weighted by Crippen LogP contribution is 2.43. The van der Waals surface area contributed by atoms with E-state index >= 15 is 0 Å². The molecule has 1 aliphatic heterocycles. The summed E-state index contributed by atoms with van der Waals surface area (Å²) in [4.78, 5) is 32.5. The maximum Gasteiger partial charge on any atom is 0.294 e. The van der Waals surface area contributed by atoms with Crippen molar-refractivity contribution in [2.24, 2.45) is 0 Å². The van der Waals surface area contributed by atoms with Crippen molar-refractivity contribution in [1.29, 1.82) is 0 Å². The molecule has 1 unspecified atom stereocenters. The molecule has 0 fully saturated rings. The molecule has 9 heteroatoms. The van der Waals surface area contributed by atoms with E-state index in [1.807, 2.05) is 0 Å². The van der Waals surface area contributed by atoms with Gasteiger partial charge in [-0.2, -0.15) is 0 Å². The molecule has 5 rings (SSSR count). The van der Waals surface area contributed by atoms with Crippen LogP contribution in [0.25, 0.3) is 11.0 Å². The highest BCUT2D eigenvalue weighted by molar-refractivity contribution is 6.31. The lowest BCUT2D eigenvalue weighted by atomic mass is 9.96. The summed E-state index contributed by atoms with van der Waals surface area (Å²) in [5.74, 6) is -1.14. The Morgan fingerprint density at radius 1 is 1.11 bits per heavy atom. The number of carbonyl (C=O) groups is 2. The quantitative estimate of drug-likeness (QED) is 0.367. The fourth-order valence-electron chi connectivity index (χ4n) is 4.18. The predicted molar refractivity (Wildman–Crippen MR) is 129 cm³/mol. The van der Waals surface area contributed by atoms with Gasteiger partial charge in [-0.3, -0.25) is 19.5 Å². The molecule has 0 saturated carbocycles. The average Bonchev–Trinajstić information content (AvgIpc) is 3.42. The molecule has 0 saturated heterocycles. The third-order valence-corrected chi connectivity index (χ3v) is 6.01. The lowest BCUT2D eigenvalue weighted by Gasteiger charge is -2.26. The average molecular weight is 491 g/mol. The molecule has 2 aromatic carbocycles. The van der Waals surface area contributed by atoms with Gasteiger partial charge >= 0.3 is 0 Å². The zero-order chi connectivity index (χ0) is 24.7. The first kappa shape index (κ1) is 22.5. The third-order valence-electron chi connectivity index (χ3n) is 5.79. The van der Waals surface area contributed by atoms with Crippen LogP contribution in [0.15, 0.2) is 82.7 Å². The van der Waals surface area contributed by atoms with Crippen molar-refractivity contribution >= 4 is 39.9 Å². The van der Waals surface area contributed by atoms with E-state index in [1.165, 1.54) is 25.2 Å². The molecular weight excluding hydrogens is 472 g/mol. The number of ketones is 1. The third kappa shape index (κ3) is 3.77. The number of furan rings is 1. The second-order valence-electron chi connectivity index (χ2n) is 7.79. The number of ether oxygens (including phenoxy) is 2. The van der Waals surface area contributed by atoms with Crippen molar-refractivity contribution < 1.29 is 28.6 Å². The summed E-state index contributed by atoms with van der Waals surface area (Å²) < 4.78 is 16.3. The van der Waals surface area contributed by atoms with E-state index in [0.717, 1.165) is 0 Å². The summed E-state index contributed by atoms with van der Waals surface area (Å²) in [6.07, 6.45) is 3.13. The Balaban J connectivity index is 1.64. The minimum absolute atomic E-state index is 0.0691. The Bertz CT molecular complexity index is 1480. The fraction of sp³-hybridized carbons (Fsp3) is 0.115. The van der Waals surface area contributed by atoms with Crippen molar-refractivity contribution in [3.05, 3.63) is 94.7 Å². The lowest BCUT2D eigenvalue weighted by molar-refractivity contribution is -0.117. The minimum atomic E-state index is -0.934. The van der Waals surface area contributed by atoms with Gasteiger partial charge in [0.1, 0.15) is 5.75 Å². The van der Waals surface area contributed by atoms with Crippen molar-refractivity contribution in [3.8, 4) is 11.5 Å². The number of aromatic nitrogens is 1. The van der Waals surface area contributed by atoms with E-state index in [9.17, 15) is 14.7 Å². The topological polar surface area (TPSA) is 102 Å². The maximum atomic E-state index is 13.7. The van der Waals surface area contributed by atoms with E-state index in [2.05, 4.69) is 4.98 Å². The summed E-state index contributed by atoms with van der Waals surface area (Å²) >= 11 is 6.15. The predicted octanol–water partition coefficient (Wildman–Crippen LogP) is 5.28. The van der Waals surface area contributed by atoms with Gasteiger partial charge in [0.15, 0.2) is 22.9 Å². The summed E-state index contributed by atoms with van der Waals surface area (Å²) in [5.41, 5.74) is 1.22. The SMILES string of the molecule is COc1ccc(N2C(=O)C(O)=C(C(=O)c3cc4cc(Cl)cc(OC)c4o3)C2c2cccnc2)cc1. The Hall–Kier alpha value is -4.30. The monoisotopic (exact) mass is 490 g/mol. The Kier molecular flexibility index (Phi) is 5.66. The molecule has 1 atom stereocenters. The summed E-state index contributed by atoms with van der Waals surface area (Å²) in [7, 11) is 3.00. The molecule has 0 bridgehead atoms. The van der Waals surface area contributed by atoms with Crippen molar-refractivity contribution in [3.63, 3.8) is 0 Å². The maximum absolute atomic E-state index is 13.7. The van der Waals surface area contributed by atoms with Crippen LogP contribution in [0, 0.1) is 0 Å². The number of methoxy groups -OCH3 is 2. The van der Waals surface area contributed by atoms with E-state index < -0.39 is 23.5 Å². The van der Waals surface area contributed by atoms with Gasteiger partial charge in [0.05, 0.1) is 25.8 Å². The molecule has 35 heavy (non-hydrogen) atoms. The number of pyridine rings is 1. The molecule has 2 aromatic heterocycles. The molecule has 1 aliphatic rings. The van der Waals surface area contributed by atoms with Crippen LogP contribution in [-0.2, 0) is 4.79 Å². The van der Waals surface area contributed by atoms with Crippen molar-refractivity contribution in [1.82, 2.24) is 4.98 Å². The summed E-state index contributed by atoms with van der Waals surface area (Å²) in [6.45, 7) is 0. The number of fused-ring (bicyclic) bond motifs is 1. The molecule has 4 aromatic rings. The second kappa shape index (κ2) is 8.81. The number of hydrogen-bond acceptors (Lipinski definition) is 7.